The van der Waals surface area contributed by atoms with Crippen LogP contribution in [0.25, 0.3) is 0 Å². The van der Waals surface area contributed by atoms with Crippen molar-refractivity contribution >= 4 is 10.0 Å². The van der Waals surface area contributed by atoms with E-state index in [-0.39, 0.29) is 17.2 Å². The normalized spacial score (nSPS) is 11.4. The highest BCUT2D eigenvalue weighted by Crippen LogP contribution is 2.30. The van der Waals surface area contributed by atoms with Gasteiger partial charge in [-0.1, -0.05) is 12.1 Å². The molecule has 0 aliphatic heterocycles. The molecule has 0 unspecified atom stereocenters. The van der Waals surface area contributed by atoms with Crippen molar-refractivity contribution < 1.29 is 22.6 Å². The summed E-state index contributed by atoms with van der Waals surface area (Å²) in [6, 6.07) is 12.0. The third-order valence-corrected chi connectivity index (χ3v) is 5.42. The van der Waals surface area contributed by atoms with Gasteiger partial charge in [-0.25, -0.2) is 8.42 Å². The van der Waals surface area contributed by atoms with Crippen molar-refractivity contribution in [2.24, 2.45) is 0 Å². The summed E-state index contributed by atoms with van der Waals surface area (Å²) < 4.78 is 42.5. The standard InChI is InChI=1S/C17H21NO5S/c1-18(12-13-6-5-7-14(10-13)21-2)24(19,20)17-11-15(22-3)8-9-16(17)23-4/h5-11H,12H2,1-4H3. The number of ether oxygens (including phenoxy) is 3. The Morgan fingerprint density at radius 1 is 0.917 bits per heavy atom. The molecule has 0 aliphatic carbocycles. The van der Waals surface area contributed by atoms with Gasteiger partial charge in [0.25, 0.3) is 0 Å². The van der Waals surface area contributed by atoms with Crippen LogP contribution in [0.1, 0.15) is 5.56 Å². The van der Waals surface area contributed by atoms with Crippen molar-refractivity contribution in [1.82, 2.24) is 4.31 Å². The summed E-state index contributed by atoms with van der Waals surface area (Å²) in [5.41, 5.74) is 0.822. The van der Waals surface area contributed by atoms with E-state index in [0.29, 0.717) is 11.5 Å². The maximum atomic E-state index is 12.9. The molecule has 0 saturated carbocycles. The first kappa shape index (κ1) is 18.1. The second-order valence-corrected chi connectivity index (χ2v) is 7.14. The minimum Gasteiger partial charge on any atom is -0.497 e. The summed E-state index contributed by atoms with van der Waals surface area (Å²) >= 11 is 0. The maximum Gasteiger partial charge on any atom is 0.246 e. The van der Waals surface area contributed by atoms with Crippen molar-refractivity contribution in [2.45, 2.75) is 11.4 Å². The SMILES string of the molecule is COc1cccc(CN(C)S(=O)(=O)c2cc(OC)ccc2OC)c1. The lowest BCUT2D eigenvalue weighted by Gasteiger charge is -2.19. The quantitative estimate of drug-likeness (QED) is 0.767. The van der Waals surface area contributed by atoms with Crippen LogP contribution >= 0.6 is 0 Å². The average Bonchev–Trinajstić information content (AvgIpc) is 2.61. The fourth-order valence-electron chi connectivity index (χ4n) is 2.27. The summed E-state index contributed by atoms with van der Waals surface area (Å²) in [4.78, 5) is 0.0646. The summed E-state index contributed by atoms with van der Waals surface area (Å²) in [6.45, 7) is 0.208. The average molecular weight is 351 g/mol. The van der Waals surface area contributed by atoms with Gasteiger partial charge in [-0.2, -0.15) is 4.31 Å². The van der Waals surface area contributed by atoms with E-state index in [2.05, 4.69) is 0 Å². The van der Waals surface area contributed by atoms with Crippen LogP contribution in [0.2, 0.25) is 0 Å². The summed E-state index contributed by atoms with van der Waals surface area (Å²) in [7, 11) is 2.26. The first-order valence-corrected chi connectivity index (χ1v) is 8.67. The molecule has 0 saturated heterocycles. The molecule has 0 atom stereocenters. The highest BCUT2D eigenvalue weighted by molar-refractivity contribution is 7.89. The van der Waals surface area contributed by atoms with Crippen molar-refractivity contribution in [1.29, 1.82) is 0 Å². The van der Waals surface area contributed by atoms with Gasteiger partial charge >= 0.3 is 0 Å². The van der Waals surface area contributed by atoms with Crippen LogP contribution in [0.5, 0.6) is 17.2 Å². The van der Waals surface area contributed by atoms with E-state index in [0.717, 1.165) is 5.56 Å². The van der Waals surface area contributed by atoms with E-state index in [1.807, 2.05) is 18.2 Å². The van der Waals surface area contributed by atoms with Crippen LogP contribution in [0.3, 0.4) is 0 Å². The van der Waals surface area contributed by atoms with E-state index in [4.69, 9.17) is 14.2 Å². The number of methoxy groups -OCH3 is 3. The van der Waals surface area contributed by atoms with Crippen LogP contribution in [0.15, 0.2) is 47.4 Å². The Kier molecular flexibility index (Phi) is 5.69. The molecule has 0 spiro atoms. The first-order chi connectivity index (χ1) is 11.4. The number of benzene rings is 2. The van der Waals surface area contributed by atoms with Crippen molar-refractivity contribution in [3.8, 4) is 17.2 Å². The van der Waals surface area contributed by atoms with E-state index < -0.39 is 10.0 Å². The lowest BCUT2D eigenvalue weighted by molar-refractivity contribution is 0.387. The van der Waals surface area contributed by atoms with Gasteiger partial charge in [0.2, 0.25) is 10.0 Å². The Balaban J connectivity index is 2.35. The zero-order valence-electron chi connectivity index (χ0n) is 14.1. The lowest BCUT2D eigenvalue weighted by atomic mass is 10.2. The number of nitrogens with zero attached hydrogens (tertiary/aromatic N) is 1. The number of hydrogen-bond donors (Lipinski definition) is 0. The fraction of sp³-hybridized carbons (Fsp3) is 0.294. The lowest BCUT2D eigenvalue weighted by Crippen LogP contribution is -2.27. The summed E-state index contributed by atoms with van der Waals surface area (Å²) in [5.74, 6) is 1.40. The van der Waals surface area contributed by atoms with E-state index >= 15 is 0 Å². The van der Waals surface area contributed by atoms with Gasteiger partial charge in [-0.3, -0.25) is 0 Å². The van der Waals surface area contributed by atoms with E-state index in [1.165, 1.54) is 31.6 Å². The van der Waals surface area contributed by atoms with Crippen LogP contribution in [0, 0.1) is 0 Å². The molecule has 0 radical (unpaired) electrons. The Morgan fingerprint density at radius 2 is 1.58 bits per heavy atom. The predicted octanol–water partition coefficient (Wildman–Crippen LogP) is 2.53. The summed E-state index contributed by atoms with van der Waals surface area (Å²) in [6.07, 6.45) is 0. The van der Waals surface area contributed by atoms with Gasteiger partial charge in [0.15, 0.2) is 0 Å². The molecule has 2 aromatic carbocycles. The molecule has 130 valence electrons. The molecule has 0 aliphatic rings. The second kappa shape index (κ2) is 7.55. The molecule has 0 bridgehead atoms. The van der Waals surface area contributed by atoms with Crippen LogP contribution < -0.4 is 14.2 Å². The predicted molar refractivity (Wildman–Crippen MR) is 91.2 cm³/mol. The molecule has 7 heteroatoms. The molecule has 0 fully saturated rings. The highest BCUT2D eigenvalue weighted by atomic mass is 32.2. The largest absolute Gasteiger partial charge is 0.497 e. The molecule has 0 N–H and O–H groups in total. The van der Waals surface area contributed by atoms with Gasteiger partial charge in [-0.05, 0) is 29.8 Å². The topological polar surface area (TPSA) is 65.1 Å². The van der Waals surface area contributed by atoms with Gasteiger partial charge in [0, 0.05) is 19.7 Å². The minimum absolute atomic E-state index is 0.0646. The Morgan fingerprint density at radius 3 is 2.21 bits per heavy atom. The maximum absolute atomic E-state index is 12.9. The van der Waals surface area contributed by atoms with Crippen molar-refractivity contribution in [3.63, 3.8) is 0 Å². The van der Waals surface area contributed by atoms with Crippen molar-refractivity contribution in [2.75, 3.05) is 28.4 Å². The Bertz CT molecular complexity index is 804. The highest BCUT2D eigenvalue weighted by Gasteiger charge is 2.25. The third kappa shape index (κ3) is 3.80. The molecule has 0 aromatic heterocycles. The molecule has 24 heavy (non-hydrogen) atoms. The molecular formula is C17H21NO5S. The number of hydrogen-bond acceptors (Lipinski definition) is 5. The molecular weight excluding hydrogens is 330 g/mol. The minimum atomic E-state index is -3.74. The fourth-order valence-corrected chi connectivity index (χ4v) is 3.59. The molecule has 0 heterocycles. The number of sulfonamides is 1. The van der Waals surface area contributed by atoms with Gasteiger partial charge in [0.05, 0.1) is 21.3 Å². The van der Waals surface area contributed by atoms with Crippen LogP contribution in [-0.2, 0) is 16.6 Å². The molecule has 2 rings (SSSR count). The van der Waals surface area contributed by atoms with E-state index in [1.54, 1.807) is 25.3 Å². The molecule has 0 amide bonds. The van der Waals surface area contributed by atoms with Gasteiger partial charge < -0.3 is 14.2 Å². The Hall–Kier alpha value is -2.25. The van der Waals surface area contributed by atoms with Crippen LogP contribution in [0.4, 0.5) is 0 Å². The monoisotopic (exact) mass is 351 g/mol. The number of rotatable bonds is 7. The third-order valence-electron chi connectivity index (χ3n) is 3.60. The first-order valence-electron chi connectivity index (χ1n) is 7.23. The second-order valence-electron chi connectivity index (χ2n) is 5.13. The molecule has 6 nitrogen and oxygen atoms in total. The zero-order chi connectivity index (χ0) is 17.7. The van der Waals surface area contributed by atoms with Gasteiger partial charge in [-0.15, -0.1) is 0 Å². The Labute approximate surface area is 142 Å². The summed E-state index contributed by atoms with van der Waals surface area (Å²) in [5, 5.41) is 0. The van der Waals surface area contributed by atoms with E-state index in [9.17, 15) is 8.42 Å². The van der Waals surface area contributed by atoms with Crippen LogP contribution in [-0.4, -0.2) is 41.1 Å². The van der Waals surface area contributed by atoms with Crippen molar-refractivity contribution in [3.05, 3.63) is 48.0 Å². The zero-order valence-corrected chi connectivity index (χ0v) is 15.0. The smallest absolute Gasteiger partial charge is 0.246 e. The molecule has 2 aromatic rings. The van der Waals surface area contributed by atoms with Gasteiger partial charge in [0.1, 0.15) is 22.1 Å².